The Balaban J connectivity index is 1.36. The third kappa shape index (κ3) is 3.30. The molecule has 3 aliphatic rings. The monoisotopic (exact) mass is 345 g/mol. The number of nitrogens with zero attached hydrogens (tertiary/aromatic N) is 1. The van der Waals surface area contributed by atoms with Crippen molar-refractivity contribution in [2.24, 2.45) is 5.92 Å². The number of esters is 1. The number of fused-ring (bicyclic) bond motifs is 1. The third-order valence-electron chi connectivity index (χ3n) is 5.27. The molecule has 2 fully saturated rings. The molecule has 134 valence electrons. The highest BCUT2D eigenvalue weighted by molar-refractivity contribution is 5.87. The molecular formula is C19H23NO5. The van der Waals surface area contributed by atoms with Crippen molar-refractivity contribution in [1.82, 2.24) is 4.90 Å². The number of hydrogen-bond donors (Lipinski definition) is 0. The molecule has 1 aromatic carbocycles. The second-order valence-electron chi connectivity index (χ2n) is 6.93. The number of carbonyl (C=O) groups is 2. The first-order valence-corrected chi connectivity index (χ1v) is 9.06. The van der Waals surface area contributed by atoms with E-state index in [0.29, 0.717) is 37.3 Å². The van der Waals surface area contributed by atoms with Gasteiger partial charge in [-0.3, -0.25) is 9.59 Å². The average Bonchev–Trinajstić information content (AvgIpc) is 3.29. The summed E-state index contributed by atoms with van der Waals surface area (Å²) in [6, 6.07) is 5.88. The summed E-state index contributed by atoms with van der Waals surface area (Å²) in [5.41, 5.74) is 0.794. The van der Waals surface area contributed by atoms with E-state index in [0.717, 1.165) is 18.4 Å². The maximum absolute atomic E-state index is 12.4. The van der Waals surface area contributed by atoms with E-state index in [1.165, 1.54) is 12.8 Å². The van der Waals surface area contributed by atoms with Crippen molar-refractivity contribution in [3.63, 3.8) is 0 Å². The molecule has 1 saturated heterocycles. The Hall–Kier alpha value is -2.24. The minimum Gasteiger partial charge on any atom is -0.486 e. The zero-order valence-electron chi connectivity index (χ0n) is 14.2. The second-order valence-corrected chi connectivity index (χ2v) is 6.93. The Morgan fingerprint density at radius 1 is 1.20 bits per heavy atom. The molecule has 2 heterocycles. The molecule has 1 saturated carbocycles. The van der Waals surface area contributed by atoms with Crippen LogP contribution in [0.15, 0.2) is 18.2 Å². The van der Waals surface area contributed by atoms with Crippen LogP contribution in [0.4, 0.5) is 0 Å². The summed E-state index contributed by atoms with van der Waals surface area (Å²) in [6.07, 6.45) is 4.72. The zero-order chi connectivity index (χ0) is 17.2. The number of carbonyl (C=O) groups excluding carboxylic acids is 2. The van der Waals surface area contributed by atoms with E-state index in [2.05, 4.69) is 0 Å². The van der Waals surface area contributed by atoms with E-state index < -0.39 is 0 Å². The van der Waals surface area contributed by atoms with Gasteiger partial charge < -0.3 is 19.1 Å². The molecular weight excluding hydrogens is 322 g/mol. The Kier molecular flexibility index (Phi) is 4.51. The molecule has 4 rings (SSSR count). The number of ether oxygens (including phenoxy) is 3. The van der Waals surface area contributed by atoms with Gasteiger partial charge in [0.2, 0.25) is 5.91 Å². The van der Waals surface area contributed by atoms with Crippen LogP contribution in [0.1, 0.15) is 37.7 Å². The molecule has 0 N–H and O–H groups in total. The summed E-state index contributed by atoms with van der Waals surface area (Å²) in [6.45, 7) is 1.65. The maximum Gasteiger partial charge on any atom is 0.311 e. The van der Waals surface area contributed by atoms with Crippen LogP contribution < -0.4 is 9.47 Å². The normalized spacial score (nSPS) is 23.1. The SMILES string of the molecule is O=C(OCc1cccc2c1OCCO2)[C@@H]1CC(=O)N(C2CCCC2)C1. The first-order valence-electron chi connectivity index (χ1n) is 9.06. The predicted octanol–water partition coefficient (Wildman–Crippen LogP) is 2.29. The van der Waals surface area contributed by atoms with Crippen molar-refractivity contribution in [3.8, 4) is 11.5 Å². The van der Waals surface area contributed by atoms with Crippen LogP contribution in [-0.2, 0) is 20.9 Å². The standard InChI is InChI=1S/C19H23NO5/c21-17-10-14(11-20(17)15-5-1-2-6-15)19(22)25-12-13-4-3-7-16-18(13)24-9-8-23-16/h3-4,7,14-15H,1-2,5-6,8-12H2/t14-/m1/s1. The van der Waals surface area contributed by atoms with E-state index in [1.54, 1.807) is 0 Å². The summed E-state index contributed by atoms with van der Waals surface area (Å²) < 4.78 is 16.7. The fraction of sp³-hybridized carbons (Fsp3) is 0.579. The zero-order valence-corrected chi connectivity index (χ0v) is 14.2. The summed E-state index contributed by atoms with van der Waals surface area (Å²) in [4.78, 5) is 26.5. The van der Waals surface area contributed by atoms with Gasteiger partial charge in [-0.05, 0) is 18.9 Å². The van der Waals surface area contributed by atoms with Gasteiger partial charge in [-0.1, -0.05) is 25.0 Å². The number of hydrogen-bond acceptors (Lipinski definition) is 5. The van der Waals surface area contributed by atoms with E-state index in [9.17, 15) is 9.59 Å². The minimum absolute atomic E-state index is 0.0858. The van der Waals surface area contributed by atoms with Crippen LogP contribution in [0.2, 0.25) is 0 Å². The van der Waals surface area contributed by atoms with Gasteiger partial charge in [0.1, 0.15) is 19.8 Å². The van der Waals surface area contributed by atoms with Crippen LogP contribution in [0, 0.1) is 5.92 Å². The van der Waals surface area contributed by atoms with Crippen LogP contribution in [-0.4, -0.2) is 42.6 Å². The molecule has 0 aromatic heterocycles. The second kappa shape index (κ2) is 6.94. The number of likely N-dealkylation sites (tertiary alicyclic amines) is 1. The highest BCUT2D eigenvalue weighted by Crippen LogP contribution is 2.34. The highest BCUT2D eigenvalue weighted by atomic mass is 16.6. The Morgan fingerprint density at radius 2 is 2.00 bits per heavy atom. The lowest BCUT2D eigenvalue weighted by atomic mass is 10.1. The fourth-order valence-corrected chi connectivity index (χ4v) is 3.97. The van der Waals surface area contributed by atoms with E-state index >= 15 is 0 Å². The van der Waals surface area contributed by atoms with Crippen LogP contribution >= 0.6 is 0 Å². The quantitative estimate of drug-likeness (QED) is 0.784. The molecule has 1 aromatic rings. The van der Waals surface area contributed by atoms with E-state index in [4.69, 9.17) is 14.2 Å². The topological polar surface area (TPSA) is 65.1 Å². The molecule has 6 heteroatoms. The Labute approximate surface area is 147 Å². The Bertz CT molecular complexity index is 668. The van der Waals surface area contributed by atoms with Crippen molar-refractivity contribution in [2.45, 2.75) is 44.8 Å². The minimum atomic E-state index is -0.357. The van der Waals surface area contributed by atoms with E-state index in [-0.39, 0.29) is 30.8 Å². The number of rotatable bonds is 4. The number of para-hydroxylation sites is 1. The lowest BCUT2D eigenvalue weighted by Gasteiger charge is -2.24. The van der Waals surface area contributed by atoms with Gasteiger partial charge in [-0.2, -0.15) is 0 Å². The molecule has 1 amide bonds. The number of amides is 1. The number of benzene rings is 1. The van der Waals surface area contributed by atoms with Gasteiger partial charge in [0.15, 0.2) is 11.5 Å². The molecule has 1 aliphatic carbocycles. The Morgan fingerprint density at radius 3 is 2.84 bits per heavy atom. The lowest BCUT2D eigenvalue weighted by Crippen LogP contribution is -2.35. The summed E-state index contributed by atoms with van der Waals surface area (Å²) in [7, 11) is 0. The fourth-order valence-electron chi connectivity index (χ4n) is 3.97. The highest BCUT2D eigenvalue weighted by Gasteiger charge is 2.39. The summed E-state index contributed by atoms with van der Waals surface area (Å²) >= 11 is 0. The summed E-state index contributed by atoms with van der Waals surface area (Å²) in [5.74, 6) is 0.760. The lowest BCUT2D eigenvalue weighted by molar-refractivity contribution is -0.149. The van der Waals surface area contributed by atoms with Gasteiger partial charge in [0.05, 0.1) is 5.92 Å². The maximum atomic E-state index is 12.4. The largest absolute Gasteiger partial charge is 0.486 e. The van der Waals surface area contributed by atoms with Crippen molar-refractivity contribution in [3.05, 3.63) is 23.8 Å². The molecule has 1 atom stereocenters. The molecule has 6 nitrogen and oxygen atoms in total. The molecule has 0 bridgehead atoms. The van der Waals surface area contributed by atoms with Gasteiger partial charge in [0, 0.05) is 24.6 Å². The van der Waals surface area contributed by atoms with Crippen molar-refractivity contribution < 1.29 is 23.8 Å². The van der Waals surface area contributed by atoms with Gasteiger partial charge >= 0.3 is 5.97 Å². The molecule has 0 unspecified atom stereocenters. The molecule has 2 aliphatic heterocycles. The summed E-state index contributed by atoms with van der Waals surface area (Å²) in [5, 5.41) is 0. The van der Waals surface area contributed by atoms with Crippen LogP contribution in [0.5, 0.6) is 11.5 Å². The van der Waals surface area contributed by atoms with Crippen molar-refractivity contribution >= 4 is 11.9 Å². The van der Waals surface area contributed by atoms with Crippen molar-refractivity contribution in [1.29, 1.82) is 0 Å². The van der Waals surface area contributed by atoms with Crippen LogP contribution in [0.3, 0.4) is 0 Å². The van der Waals surface area contributed by atoms with Crippen LogP contribution in [0.25, 0.3) is 0 Å². The van der Waals surface area contributed by atoms with Gasteiger partial charge in [-0.25, -0.2) is 0 Å². The average molecular weight is 345 g/mol. The first-order chi connectivity index (χ1) is 12.2. The third-order valence-corrected chi connectivity index (χ3v) is 5.27. The smallest absolute Gasteiger partial charge is 0.311 e. The van der Waals surface area contributed by atoms with Gasteiger partial charge in [0.25, 0.3) is 0 Å². The molecule has 0 spiro atoms. The van der Waals surface area contributed by atoms with E-state index in [1.807, 2.05) is 23.1 Å². The first kappa shape index (κ1) is 16.2. The van der Waals surface area contributed by atoms with Crippen molar-refractivity contribution in [2.75, 3.05) is 19.8 Å². The van der Waals surface area contributed by atoms with Gasteiger partial charge in [-0.15, -0.1) is 0 Å². The molecule has 25 heavy (non-hydrogen) atoms. The predicted molar refractivity (Wildman–Crippen MR) is 89.3 cm³/mol. The molecule has 0 radical (unpaired) electrons.